The number of benzene rings is 1. The van der Waals surface area contributed by atoms with Crippen molar-refractivity contribution in [1.29, 1.82) is 5.26 Å². The molecule has 0 fully saturated rings. The quantitative estimate of drug-likeness (QED) is 0.447. The summed E-state index contributed by atoms with van der Waals surface area (Å²) in [6.07, 6.45) is 3.30. The SMILES string of the molecule is CC(=O)C1=C(C)NC(SCC(=O)Nc2nc3ccc(Br)cc3s2)=C(C#N)[C@H]1c1cccnc1. The second-order valence-electron chi connectivity index (χ2n) is 7.26. The van der Waals surface area contributed by atoms with Crippen molar-refractivity contribution in [3.8, 4) is 6.07 Å². The Kier molecular flexibility index (Phi) is 6.93. The summed E-state index contributed by atoms with van der Waals surface area (Å²) in [5.74, 6) is -0.807. The zero-order valence-electron chi connectivity index (χ0n) is 17.7. The second kappa shape index (κ2) is 9.87. The highest BCUT2D eigenvalue weighted by atomic mass is 79.9. The smallest absolute Gasteiger partial charge is 0.236 e. The molecule has 0 unspecified atom stereocenters. The highest BCUT2D eigenvalue weighted by Crippen LogP contribution is 2.40. The van der Waals surface area contributed by atoms with Gasteiger partial charge in [0.25, 0.3) is 0 Å². The monoisotopic (exact) mass is 539 g/mol. The molecule has 1 atom stereocenters. The maximum absolute atomic E-state index is 12.6. The van der Waals surface area contributed by atoms with Gasteiger partial charge in [0.05, 0.1) is 38.6 Å². The molecule has 0 bridgehead atoms. The molecule has 0 spiro atoms. The van der Waals surface area contributed by atoms with Crippen LogP contribution in [0.15, 0.2) is 69.1 Å². The van der Waals surface area contributed by atoms with E-state index >= 15 is 0 Å². The highest BCUT2D eigenvalue weighted by Gasteiger charge is 2.33. The minimum atomic E-state index is -0.532. The summed E-state index contributed by atoms with van der Waals surface area (Å²) < 4.78 is 1.91. The van der Waals surface area contributed by atoms with Crippen molar-refractivity contribution in [3.63, 3.8) is 0 Å². The molecule has 33 heavy (non-hydrogen) atoms. The summed E-state index contributed by atoms with van der Waals surface area (Å²) in [5, 5.41) is 17.0. The fourth-order valence-electron chi connectivity index (χ4n) is 3.62. The summed E-state index contributed by atoms with van der Waals surface area (Å²) in [6, 6.07) is 11.6. The molecule has 0 saturated carbocycles. The lowest BCUT2D eigenvalue weighted by molar-refractivity contribution is -0.114. The zero-order valence-corrected chi connectivity index (χ0v) is 20.9. The summed E-state index contributed by atoms with van der Waals surface area (Å²) >= 11 is 6.05. The lowest BCUT2D eigenvalue weighted by atomic mass is 9.81. The van der Waals surface area contributed by atoms with Crippen molar-refractivity contribution in [1.82, 2.24) is 15.3 Å². The molecule has 4 rings (SSSR count). The highest BCUT2D eigenvalue weighted by molar-refractivity contribution is 9.10. The van der Waals surface area contributed by atoms with Gasteiger partial charge in [0, 0.05) is 28.1 Å². The molecular weight excluding hydrogens is 522 g/mol. The number of nitriles is 1. The van der Waals surface area contributed by atoms with Crippen molar-refractivity contribution >= 4 is 66.1 Å². The van der Waals surface area contributed by atoms with Crippen LogP contribution in [0.4, 0.5) is 5.13 Å². The average molecular weight is 540 g/mol. The van der Waals surface area contributed by atoms with Crippen molar-refractivity contribution in [3.05, 3.63) is 74.6 Å². The van der Waals surface area contributed by atoms with Crippen LogP contribution < -0.4 is 10.6 Å². The van der Waals surface area contributed by atoms with E-state index in [4.69, 9.17) is 0 Å². The number of halogens is 1. The van der Waals surface area contributed by atoms with Crippen LogP contribution >= 0.6 is 39.0 Å². The van der Waals surface area contributed by atoms with Crippen LogP contribution in [-0.4, -0.2) is 27.4 Å². The molecule has 1 amide bonds. The van der Waals surface area contributed by atoms with Gasteiger partial charge < -0.3 is 10.6 Å². The zero-order chi connectivity index (χ0) is 23.5. The number of thiazole rings is 1. The fraction of sp³-hybridized carbons (Fsp3) is 0.174. The van der Waals surface area contributed by atoms with E-state index in [1.807, 2.05) is 24.3 Å². The van der Waals surface area contributed by atoms with Crippen LogP contribution in [0.3, 0.4) is 0 Å². The van der Waals surface area contributed by atoms with Crippen molar-refractivity contribution < 1.29 is 9.59 Å². The van der Waals surface area contributed by atoms with E-state index in [9.17, 15) is 14.9 Å². The number of thioether (sulfide) groups is 1. The molecule has 7 nitrogen and oxygen atoms in total. The molecule has 3 aromatic rings. The minimum Gasteiger partial charge on any atom is -0.353 e. The largest absolute Gasteiger partial charge is 0.353 e. The van der Waals surface area contributed by atoms with Gasteiger partial charge in [-0.15, -0.1) is 0 Å². The molecule has 1 aromatic carbocycles. The third-order valence-electron chi connectivity index (χ3n) is 4.99. The van der Waals surface area contributed by atoms with Crippen molar-refractivity contribution in [2.75, 3.05) is 11.1 Å². The maximum Gasteiger partial charge on any atom is 0.236 e. The Hall–Kier alpha value is -3.00. The molecule has 10 heteroatoms. The third kappa shape index (κ3) is 5.00. The molecule has 0 saturated heterocycles. The van der Waals surface area contributed by atoms with Crippen molar-refractivity contribution in [2.45, 2.75) is 19.8 Å². The Balaban J connectivity index is 1.55. The number of carbonyl (C=O) groups is 2. The number of pyridine rings is 1. The van der Waals surface area contributed by atoms with Gasteiger partial charge >= 0.3 is 0 Å². The first kappa shape index (κ1) is 23.2. The number of aromatic nitrogens is 2. The second-order valence-corrected chi connectivity index (χ2v) is 10.2. The van der Waals surface area contributed by atoms with Gasteiger partial charge in [-0.2, -0.15) is 5.26 Å². The molecule has 166 valence electrons. The van der Waals surface area contributed by atoms with Gasteiger partial charge in [-0.3, -0.25) is 14.6 Å². The van der Waals surface area contributed by atoms with E-state index in [-0.39, 0.29) is 17.4 Å². The van der Waals surface area contributed by atoms with E-state index in [1.165, 1.54) is 30.0 Å². The normalized spacial score (nSPS) is 15.9. The summed E-state index contributed by atoms with van der Waals surface area (Å²) in [5.41, 5.74) is 3.14. The van der Waals surface area contributed by atoms with Gasteiger partial charge in [0.1, 0.15) is 0 Å². The predicted molar refractivity (Wildman–Crippen MR) is 135 cm³/mol. The number of hydrogen-bond donors (Lipinski definition) is 2. The predicted octanol–water partition coefficient (Wildman–Crippen LogP) is 5.11. The van der Waals surface area contributed by atoms with Crippen LogP contribution in [0.25, 0.3) is 10.2 Å². The van der Waals surface area contributed by atoms with E-state index < -0.39 is 5.92 Å². The molecule has 1 aliphatic rings. The number of Topliss-reactive ketones (excluding diaryl/α,β-unsaturated/α-hetero) is 1. The Morgan fingerprint density at radius 2 is 2.18 bits per heavy atom. The number of hydrogen-bond acceptors (Lipinski definition) is 8. The van der Waals surface area contributed by atoms with Crippen LogP contribution in [0.1, 0.15) is 25.3 Å². The number of nitrogens with zero attached hydrogens (tertiary/aromatic N) is 3. The summed E-state index contributed by atoms with van der Waals surface area (Å²) in [6.45, 7) is 3.29. The van der Waals surface area contributed by atoms with Gasteiger partial charge in [-0.1, -0.05) is 45.1 Å². The molecule has 0 aliphatic carbocycles. The number of anilines is 1. The number of dihydropyridines is 1. The van der Waals surface area contributed by atoms with E-state index in [0.29, 0.717) is 27.0 Å². The molecular formula is C23H18BrN5O2S2. The Morgan fingerprint density at radius 3 is 2.88 bits per heavy atom. The molecule has 1 aliphatic heterocycles. The number of rotatable bonds is 6. The standard InChI is InChI=1S/C23H18BrN5O2S2/c1-12-20(13(2)30)21(14-4-3-7-26-10-14)16(9-25)22(27-12)32-11-19(31)29-23-28-17-6-5-15(24)8-18(17)33-23/h3-8,10,21,27H,11H2,1-2H3,(H,28,29,31)/t21-/m1/s1. The lowest BCUT2D eigenvalue weighted by Crippen LogP contribution is -2.27. The van der Waals surface area contributed by atoms with Gasteiger partial charge in [-0.05, 0) is 43.7 Å². The van der Waals surface area contributed by atoms with Gasteiger partial charge in [0.15, 0.2) is 10.9 Å². The Bertz CT molecular complexity index is 1360. The number of ketones is 1. The molecule has 2 N–H and O–H groups in total. The van der Waals surface area contributed by atoms with E-state index in [1.54, 1.807) is 25.4 Å². The van der Waals surface area contributed by atoms with Crippen LogP contribution in [0, 0.1) is 11.3 Å². The first-order valence-electron chi connectivity index (χ1n) is 9.89. The first-order chi connectivity index (χ1) is 15.9. The molecule has 2 aromatic heterocycles. The van der Waals surface area contributed by atoms with Gasteiger partial charge in [0.2, 0.25) is 5.91 Å². The molecule has 3 heterocycles. The lowest BCUT2D eigenvalue weighted by Gasteiger charge is -2.29. The van der Waals surface area contributed by atoms with E-state index in [2.05, 4.69) is 42.6 Å². The Morgan fingerprint density at radius 1 is 1.36 bits per heavy atom. The summed E-state index contributed by atoms with van der Waals surface area (Å²) in [7, 11) is 0. The summed E-state index contributed by atoms with van der Waals surface area (Å²) in [4.78, 5) is 33.6. The maximum atomic E-state index is 12.6. The van der Waals surface area contributed by atoms with Crippen LogP contribution in [0.2, 0.25) is 0 Å². The number of carbonyl (C=O) groups excluding carboxylic acids is 2. The third-order valence-corrected chi connectivity index (χ3v) is 7.43. The topological polar surface area (TPSA) is 108 Å². The first-order valence-corrected chi connectivity index (χ1v) is 12.5. The number of fused-ring (bicyclic) bond motifs is 1. The van der Waals surface area contributed by atoms with Gasteiger partial charge in [-0.25, -0.2) is 4.98 Å². The fourth-order valence-corrected chi connectivity index (χ4v) is 5.94. The van der Waals surface area contributed by atoms with Crippen molar-refractivity contribution in [2.24, 2.45) is 0 Å². The Labute approximate surface area is 207 Å². The van der Waals surface area contributed by atoms with Crippen LogP contribution in [0.5, 0.6) is 0 Å². The molecule has 0 radical (unpaired) electrons. The minimum absolute atomic E-state index is 0.0789. The average Bonchev–Trinajstić information content (AvgIpc) is 3.18. The number of nitrogens with one attached hydrogen (secondary N) is 2. The van der Waals surface area contributed by atoms with Crippen LogP contribution in [-0.2, 0) is 9.59 Å². The van der Waals surface area contributed by atoms with E-state index in [0.717, 1.165) is 20.3 Å². The number of allylic oxidation sites excluding steroid dienone is 3. The number of amides is 1.